The monoisotopic (exact) mass is 246 g/mol. The van der Waals surface area contributed by atoms with E-state index in [1.54, 1.807) is 4.90 Å². The molecular weight excluding hydrogens is 228 g/mol. The summed E-state index contributed by atoms with van der Waals surface area (Å²) < 4.78 is 0. The van der Waals surface area contributed by atoms with Crippen LogP contribution in [0.25, 0.3) is 0 Å². The van der Waals surface area contributed by atoms with Crippen molar-refractivity contribution in [1.29, 1.82) is 0 Å². The van der Waals surface area contributed by atoms with Gasteiger partial charge in [0, 0.05) is 25.2 Å². The fraction of sp³-hybridized carbons (Fsp3) is 0.429. The number of hydrogen-bond acceptors (Lipinski definition) is 2. The smallest absolute Gasteiger partial charge is 0.227 e. The number of amides is 2. The number of benzene rings is 1. The van der Waals surface area contributed by atoms with Gasteiger partial charge in [0.05, 0.1) is 5.92 Å². The van der Waals surface area contributed by atoms with E-state index in [0.717, 1.165) is 11.3 Å². The number of carbonyl (C=O) groups excluding carboxylic acids is 2. The summed E-state index contributed by atoms with van der Waals surface area (Å²) in [4.78, 5) is 25.4. The number of nitrogens with one attached hydrogen (secondary N) is 1. The lowest BCUT2D eigenvalue weighted by Gasteiger charge is -2.17. The standard InChI is InChI=1S/C14H18N2O2/c1-3-15-14(18)11-8-13(17)16(9-11)12-6-4-5-10(2)7-12/h4-7,11H,3,8-9H2,1-2H3,(H,15,18). The molecule has 18 heavy (non-hydrogen) atoms. The summed E-state index contributed by atoms with van der Waals surface area (Å²) in [6.45, 7) is 4.96. The van der Waals surface area contributed by atoms with Crippen LogP contribution in [0.15, 0.2) is 24.3 Å². The van der Waals surface area contributed by atoms with Crippen molar-refractivity contribution in [1.82, 2.24) is 5.32 Å². The van der Waals surface area contributed by atoms with Gasteiger partial charge in [0.15, 0.2) is 0 Å². The van der Waals surface area contributed by atoms with E-state index in [1.165, 1.54) is 0 Å². The third-order valence-corrected chi connectivity index (χ3v) is 3.16. The minimum atomic E-state index is -0.224. The third-order valence-electron chi connectivity index (χ3n) is 3.16. The quantitative estimate of drug-likeness (QED) is 0.878. The first-order valence-corrected chi connectivity index (χ1v) is 6.26. The number of nitrogens with zero attached hydrogens (tertiary/aromatic N) is 1. The predicted molar refractivity (Wildman–Crippen MR) is 70.3 cm³/mol. The van der Waals surface area contributed by atoms with Gasteiger partial charge in [0.2, 0.25) is 11.8 Å². The lowest BCUT2D eigenvalue weighted by atomic mass is 10.1. The van der Waals surface area contributed by atoms with Gasteiger partial charge in [0.25, 0.3) is 0 Å². The average molecular weight is 246 g/mol. The van der Waals surface area contributed by atoms with Crippen LogP contribution < -0.4 is 10.2 Å². The van der Waals surface area contributed by atoms with Gasteiger partial charge >= 0.3 is 0 Å². The van der Waals surface area contributed by atoms with Gasteiger partial charge in [-0.3, -0.25) is 9.59 Å². The van der Waals surface area contributed by atoms with Gasteiger partial charge in [-0.2, -0.15) is 0 Å². The highest BCUT2D eigenvalue weighted by atomic mass is 16.2. The van der Waals surface area contributed by atoms with Crippen molar-refractivity contribution in [2.24, 2.45) is 5.92 Å². The van der Waals surface area contributed by atoms with Gasteiger partial charge in [-0.1, -0.05) is 12.1 Å². The van der Waals surface area contributed by atoms with Crippen molar-refractivity contribution in [3.8, 4) is 0 Å². The average Bonchev–Trinajstić information content (AvgIpc) is 2.72. The molecule has 1 aromatic rings. The van der Waals surface area contributed by atoms with Crippen LogP contribution in [0.3, 0.4) is 0 Å². The molecule has 0 aliphatic carbocycles. The molecule has 0 saturated carbocycles. The Bertz CT molecular complexity index is 471. The second-order valence-corrected chi connectivity index (χ2v) is 4.64. The Kier molecular flexibility index (Phi) is 3.65. The molecule has 1 N–H and O–H groups in total. The molecule has 1 unspecified atom stereocenters. The molecule has 96 valence electrons. The molecule has 0 spiro atoms. The SMILES string of the molecule is CCNC(=O)C1CC(=O)N(c2cccc(C)c2)C1. The van der Waals surface area contributed by atoms with E-state index >= 15 is 0 Å². The second kappa shape index (κ2) is 5.21. The lowest BCUT2D eigenvalue weighted by molar-refractivity contribution is -0.126. The van der Waals surface area contributed by atoms with Crippen molar-refractivity contribution in [3.63, 3.8) is 0 Å². The number of anilines is 1. The molecule has 1 aliphatic heterocycles. The largest absolute Gasteiger partial charge is 0.356 e. The highest BCUT2D eigenvalue weighted by molar-refractivity contribution is 6.00. The molecule has 4 nitrogen and oxygen atoms in total. The first-order valence-electron chi connectivity index (χ1n) is 6.26. The predicted octanol–water partition coefficient (Wildman–Crippen LogP) is 1.48. The summed E-state index contributed by atoms with van der Waals surface area (Å²) in [7, 11) is 0. The fourth-order valence-corrected chi connectivity index (χ4v) is 2.25. The Labute approximate surface area is 107 Å². The molecule has 1 saturated heterocycles. The normalized spacial score (nSPS) is 19.1. The number of hydrogen-bond donors (Lipinski definition) is 1. The molecule has 0 bridgehead atoms. The van der Waals surface area contributed by atoms with Crippen LogP contribution in [-0.2, 0) is 9.59 Å². The molecule has 0 radical (unpaired) electrons. The molecule has 1 atom stereocenters. The maximum Gasteiger partial charge on any atom is 0.227 e. The van der Waals surface area contributed by atoms with Gasteiger partial charge in [-0.15, -0.1) is 0 Å². The second-order valence-electron chi connectivity index (χ2n) is 4.64. The van der Waals surface area contributed by atoms with Gasteiger partial charge in [0.1, 0.15) is 0 Å². The Morgan fingerprint density at radius 1 is 1.50 bits per heavy atom. The van der Waals surface area contributed by atoms with E-state index in [2.05, 4.69) is 5.32 Å². The highest BCUT2D eigenvalue weighted by Gasteiger charge is 2.34. The fourth-order valence-electron chi connectivity index (χ4n) is 2.25. The minimum absolute atomic E-state index is 0.0249. The van der Waals surface area contributed by atoms with Crippen molar-refractivity contribution in [3.05, 3.63) is 29.8 Å². The van der Waals surface area contributed by atoms with E-state index < -0.39 is 0 Å². The number of rotatable bonds is 3. The van der Waals surface area contributed by atoms with E-state index in [-0.39, 0.29) is 17.7 Å². The van der Waals surface area contributed by atoms with Crippen LogP contribution in [0.2, 0.25) is 0 Å². The molecule has 2 amide bonds. The van der Waals surface area contributed by atoms with E-state index in [0.29, 0.717) is 19.5 Å². The third kappa shape index (κ3) is 2.53. The molecule has 2 rings (SSSR count). The summed E-state index contributed by atoms with van der Waals surface area (Å²) >= 11 is 0. The lowest BCUT2D eigenvalue weighted by Crippen LogP contribution is -2.32. The zero-order valence-corrected chi connectivity index (χ0v) is 10.8. The van der Waals surface area contributed by atoms with Crippen LogP contribution in [-0.4, -0.2) is 24.9 Å². The zero-order valence-electron chi connectivity index (χ0n) is 10.8. The zero-order chi connectivity index (χ0) is 13.1. The topological polar surface area (TPSA) is 49.4 Å². The molecule has 4 heteroatoms. The van der Waals surface area contributed by atoms with Crippen LogP contribution in [0.1, 0.15) is 18.9 Å². The van der Waals surface area contributed by atoms with E-state index in [4.69, 9.17) is 0 Å². The van der Waals surface area contributed by atoms with Gasteiger partial charge < -0.3 is 10.2 Å². The minimum Gasteiger partial charge on any atom is -0.356 e. The van der Waals surface area contributed by atoms with Crippen LogP contribution in [0.5, 0.6) is 0 Å². The molecule has 1 aliphatic rings. The first kappa shape index (κ1) is 12.6. The molecule has 1 fully saturated rings. The molecule has 1 heterocycles. The van der Waals surface area contributed by atoms with E-state index in [1.807, 2.05) is 38.1 Å². The molecular formula is C14H18N2O2. The first-order chi connectivity index (χ1) is 8.61. The van der Waals surface area contributed by atoms with Gasteiger partial charge in [-0.25, -0.2) is 0 Å². The van der Waals surface area contributed by atoms with Crippen molar-refractivity contribution < 1.29 is 9.59 Å². The Hall–Kier alpha value is -1.84. The van der Waals surface area contributed by atoms with Crippen LogP contribution in [0, 0.1) is 12.8 Å². The molecule has 1 aromatic carbocycles. The Morgan fingerprint density at radius 2 is 2.28 bits per heavy atom. The summed E-state index contributed by atoms with van der Waals surface area (Å²) in [5, 5.41) is 2.77. The summed E-state index contributed by atoms with van der Waals surface area (Å²) in [6.07, 6.45) is 0.305. The maximum absolute atomic E-state index is 12.0. The summed E-state index contributed by atoms with van der Waals surface area (Å²) in [6, 6.07) is 7.80. The Balaban J connectivity index is 2.12. The highest BCUT2D eigenvalue weighted by Crippen LogP contribution is 2.25. The van der Waals surface area contributed by atoms with Crippen LogP contribution in [0.4, 0.5) is 5.69 Å². The van der Waals surface area contributed by atoms with Gasteiger partial charge in [-0.05, 0) is 31.5 Å². The summed E-state index contributed by atoms with van der Waals surface area (Å²) in [5.74, 6) is -0.226. The number of carbonyl (C=O) groups is 2. The van der Waals surface area contributed by atoms with E-state index in [9.17, 15) is 9.59 Å². The maximum atomic E-state index is 12.0. The van der Waals surface area contributed by atoms with Crippen molar-refractivity contribution in [2.45, 2.75) is 20.3 Å². The molecule has 0 aromatic heterocycles. The van der Waals surface area contributed by atoms with Crippen LogP contribution >= 0.6 is 0 Å². The Morgan fingerprint density at radius 3 is 2.94 bits per heavy atom. The summed E-state index contributed by atoms with van der Waals surface area (Å²) in [5.41, 5.74) is 1.99. The number of aryl methyl sites for hydroxylation is 1. The van der Waals surface area contributed by atoms with Crippen molar-refractivity contribution >= 4 is 17.5 Å². The van der Waals surface area contributed by atoms with Crippen molar-refractivity contribution in [2.75, 3.05) is 18.0 Å².